The lowest BCUT2D eigenvalue weighted by molar-refractivity contribution is -0.132. The minimum atomic E-state index is -0.722. The molecular formula is C23H31NO4. The summed E-state index contributed by atoms with van der Waals surface area (Å²) >= 11 is 0. The lowest BCUT2D eigenvalue weighted by Gasteiger charge is -2.14. The number of carbonyl (C=O) groups excluding carboxylic acids is 3. The van der Waals surface area contributed by atoms with Crippen molar-refractivity contribution in [3.05, 3.63) is 29.8 Å². The summed E-state index contributed by atoms with van der Waals surface area (Å²) in [5.74, 6) is -1.18. The zero-order chi connectivity index (χ0) is 20.2. The van der Waals surface area contributed by atoms with Gasteiger partial charge in [0.2, 0.25) is 0 Å². The predicted octanol–water partition coefficient (Wildman–Crippen LogP) is 5.23. The van der Waals surface area contributed by atoms with E-state index < -0.39 is 5.92 Å². The molecule has 1 aromatic carbocycles. The van der Waals surface area contributed by atoms with Crippen LogP contribution >= 0.6 is 0 Å². The summed E-state index contributed by atoms with van der Waals surface area (Å²) < 4.78 is 5.31. The number of ketones is 2. The summed E-state index contributed by atoms with van der Waals surface area (Å²) in [6.07, 6.45) is 11.2. The van der Waals surface area contributed by atoms with Crippen molar-refractivity contribution in [1.82, 2.24) is 0 Å². The number of carbonyl (C=O) groups is 3. The average molecular weight is 386 g/mol. The van der Waals surface area contributed by atoms with Gasteiger partial charge in [0.1, 0.15) is 17.5 Å². The molecule has 0 spiro atoms. The van der Waals surface area contributed by atoms with Crippen LogP contribution in [-0.4, -0.2) is 30.4 Å². The highest BCUT2D eigenvalue weighted by atomic mass is 16.5. The number of hydrogen-bond donors (Lipinski definition) is 0. The highest BCUT2D eigenvalue weighted by molar-refractivity contribution is 6.16. The fourth-order valence-electron chi connectivity index (χ4n) is 3.25. The smallest absolute Gasteiger partial charge is 0.338 e. The van der Waals surface area contributed by atoms with Crippen molar-refractivity contribution in [2.75, 3.05) is 6.61 Å². The second kappa shape index (κ2) is 12.2. The molecule has 0 aromatic heterocycles. The first-order chi connectivity index (χ1) is 13.6. The zero-order valence-electron chi connectivity index (χ0n) is 16.8. The Balaban J connectivity index is 1.72. The Morgan fingerprint density at radius 1 is 1.00 bits per heavy atom. The highest BCUT2D eigenvalue weighted by Gasteiger charge is 2.28. The van der Waals surface area contributed by atoms with E-state index in [2.05, 4.69) is 11.9 Å². The molecule has 0 bridgehead atoms. The van der Waals surface area contributed by atoms with Crippen LogP contribution in [0.15, 0.2) is 29.3 Å². The predicted molar refractivity (Wildman–Crippen MR) is 110 cm³/mol. The number of esters is 1. The van der Waals surface area contributed by atoms with Gasteiger partial charge in [0.15, 0.2) is 0 Å². The van der Waals surface area contributed by atoms with Crippen LogP contribution in [-0.2, 0) is 14.3 Å². The van der Waals surface area contributed by atoms with Gasteiger partial charge in [-0.2, -0.15) is 0 Å². The topological polar surface area (TPSA) is 72.8 Å². The van der Waals surface area contributed by atoms with Crippen LogP contribution in [0.2, 0.25) is 0 Å². The Bertz CT molecular complexity index is 662. The molecule has 5 heteroatoms. The number of nitrogens with zero attached hydrogens (tertiary/aromatic N) is 1. The molecule has 28 heavy (non-hydrogen) atoms. The van der Waals surface area contributed by atoms with E-state index in [0.717, 1.165) is 12.8 Å². The van der Waals surface area contributed by atoms with Gasteiger partial charge >= 0.3 is 5.97 Å². The lowest BCUT2D eigenvalue weighted by atomic mass is 9.87. The number of ether oxygens (including phenoxy) is 1. The number of Topliss-reactive ketones (excluding diaryl/α,β-unsaturated/α-hetero) is 2. The van der Waals surface area contributed by atoms with Gasteiger partial charge in [-0.25, -0.2) is 4.79 Å². The van der Waals surface area contributed by atoms with Crippen LogP contribution in [0.5, 0.6) is 0 Å². The molecule has 1 fully saturated rings. The van der Waals surface area contributed by atoms with Crippen molar-refractivity contribution in [1.29, 1.82) is 0 Å². The summed E-state index contributed by atoms with van der Waals surface area (Å²) in [5, 5.41) is 0. The number of aliphatic imine (C=N–C) groups is 1. The van der Waals surface area contributed by atoms with Gasteiger partial charge in [-0.1, -0.05) is 45.4 Å². The van der Waals surface area contributed by atoms with Gasteiger partial charge in [-0.05, 0) is 37.1 Å². The maximum atomic E-state index is 12.1. The highest BCUT2D eigenvalue weighted by Crippen LogP contribution is 2.19. The second-order valence-corrected chi connectivity index (χ2v) is 7.35. The average Bonchev–Trinajstić information content (AvgIpc) is 2.70. The van der Waals surface area contributed by atoms with E-state index in [1.54, 1.807) is 24.3 Å². The van der Waals surface area contributed by atoms with Crippen molar-refractivity contribution in [2.45, 2.75) is 71.1 Å². The Labute approximate surface area is 167 Å². The molecule has 1 aliphatic carbocycles. The first kappa shape index (κ1) is 22.0. The number of benzene rings is 1. The van der Waals surface area contributed by atoms with Crippen molar-refractivity contribution in [3.8, 4) is 0 Å². The monoisotopic (exact) mass is 385 g/mol. The molecule has 0 unspecified atom stereocenters. The van der Waals surface area contributed by atoms with Crippen molar-refractivity contribution >= 4 is 29.4 Å². The van der Waals surface area contributed by atoms with Crippen LogP contribution in [0.3, 0.4) is 0 Å². The van der Waals surface area contributed by atoms with Gasteiger partial charge < -0.3 is 4.74 Å². The summed E-state index contributed by atoms with van der Waals surface area (Å²) in [6.45, 7) is 2.65. The first-order valence-corrected chi connectivity index (χ1v) is 10.5. The molecule has 1 aromatic rings. The third kappa shape index (κ3) is 7.37. The van der Waals surface area contributed by atoms with Gasteiger partial charge in [0.25, 0.3) is 0 Å². The summed E-state index contributed by atoms with van der Waals surface area (Å²) in [6, 6.07) is 6.70. The summed E-state index contributed by atoms with van der Waals surface area (Å²) in [5.41, 5.74) is 1.08. The molecular weight excluding hydrogens is 354 g/mol. The minimum absolute atomic E-state index is 0.0643. The molecule has 0 saturated heterocycles. The molecule has 152 valence electrons. The Kier molecular flexibility index (Phi) is 9.60. The fourth-order valence-corrected chi connectivity index (χ4v) is 3.25. The van der Waals surface area contributed by atoms with Gasteiger partial charge in [-0.15, -0.1) is 0 Å². The maximum absolute atomic E-state index is 12.1. The van der Waals surface area contributed by atoms with Gasteiger partial charge in [0, 0.05) is 19.1 Å². The Hall–Kier alpha value is -2.30. The largest absolute Gasteiger partial charge is 0.462 e. The van der Waals surface area contributed by atoms with Gasteiger partial charge in [0.05, 0.1) is 17.9 Å². The van der Waals surface area contributed by atoms with Crippen LogP contribution in [0.4, 0.5) is 5.69 Å². The van der Waals surface area contributed by atoms with E-state index in [0.29, 0.717) is 37.1 Å². The van der Waals surface area contributed by atoms with Crippen LogP contribution < -0.4 is 0 Å². The summed E-state index contributed by atoms with van der Waals surface area (Å²) in [7, 11) is 0. The zero-order valence-corrected chi connectivity index (χ0v) is 16.8. The van der Waals surface area contributed by atoms with Crippen LogP contribution in [0, 0.1) is 5.92 Å². The molecule has 0 amide bonds. The molecule has 1 saturated carbocycles. The Morgan fingerprint density at radius 3 is 2.25 bits per heavy atom. The first-order valence-electron chi connectivity index (χ1n) is 10.5. The SMILES string of the molecule is CCCCCCCCCOC(=O)c1ccc(N=CC2C(=O)CCCC2=O)cc1. The van der Waals surface area contributed by atoms with Crippen molar-refractivity contribution in [2.24, 2.45) is 10.9 Å². The number of hydrogen-bond acceptors (Lipinski definition) is 5. The fraction of sp³-hybridized carbons (Fsp3) is 0.565. The Morgan fingerprint density at radius 2 is 1.61 bits per heavy atom. The van der Waals surface area contributed by atoms with E-state index in [1.165, 1.54) is 38.3 Å². The molecule has 2 rings (SSSR count). The third-order valence-electron chi connectivity index (χ3n) is 5.00. The van der Waals surface area contributed by atoms with E-state index >= 15 is 0 Å². The quantitative estimate of drug-likeness (QED) is 0.226. The molecule has 0 N–H and O–H groups in total. The molecule has 5 nitrogen and oxygen atoms in total. The number of unbranched alkanes of at least 4 members (excludes halogenated alkanes) is 6. The third-order valence-corrected chi connectivity index (χ3v) is 5.00. The molecule has 1 aliphatic rings. The standard InChI is InChI=1S/C23H31NO4/c1-2-3-4-5-6-7-8-16-28-23(27)18-12-14-19(15-13-18)24-17-20-21(25)10-9-11-22(20)26/h12-15,17,20H,2-11,16H2,1H3. The van der Waals surface area contributed by atoms with Crippen LogP contribution in [0.1, 0.15) is 81.5 Å². The van der Waals surface area contributed by atoms with Crippen LogP contribution in [0.25, 0.3) is 0 Å². The lowest BCUT2D eigenvalue weighted by Crippen LogP contribution is -2.29. The van der Waals surface area contributed by atoms with E-state index in [-0.39, 0.29) is 17.5 Å². The molecule has 0 heterocycles. The van der Waals surface area contributed by atoms with Crippen molar-refractivity contribution in [3.63, 3.8) is 0 Å². The van der Waals surface area contributed by atoms with Crippen molar-refractivity contribution < 1.29 is 19.1 Å². The minimum Gasteiger partial charge on any atom is -0.462 e. The number of rotatable bonds is 11. The molecule has 0 atom stereocenters. The van der Waals surface area contributed by atoms with E-state index in [9.17, 15) is 14.4 Å². The molecule has 0 radical (unpaired) electrons. The molecule has 0 aliphatic heterocycles. The van der Waals surface area contributed by atoms with Gasteiger partial charge in [-0.3, -0.25) is 14.6 Å². The van der Waals surface area contributed by atoms with E-state index in [4.69, 9.17) is 4.74 Å². The maximum Gasteiger partial charge on any atom is 0.338 e. The summed E-state index contributed by atoms with van der Waals surface area (Å²) in [4.78, 5) is 39.9. The van der Waals surface area contributed by atoms with E-state index in [1.807, 2.05) is 0 Å². The second-order valence-electron chi connectivity index (χ2n) is 7.35. The normalized spacial score (nSPS) is 15.3.